The third-order valence-electron chi connectivity index (χ3n) is 3.89. The number of hydrogen-bond donors (Lipinski definition) is 1. The second kappa shape index (κ2) is 7.92. The summed E-state index contributed by atoms with van der Waals surface area (Å²) in [6.07, 6.45) is 1.59. The molecule has 1 unspecified atom stereocenters. The first-order chi connectivity index (χ1) is 11.5. The van der Waals surface area contributed by atoms with E-state index in [2.05, 4.69) is 15.4 Å². The lowest BCUT2D eigenvalue weighted by Crippen LogP contribution is -2.28. The number of methoxy groups -OCH3 is 1. The summed E-state index contributed by atoms with van der Waals surface area (Å²) >= 11 is 0. The van der Waals surface area contributed by atoms with Crippen LogP contribution in [0.5, 0.6) is 5.88 Å². The normalized spacial score (nSPS) is 12.0. The number of carbonyl (C=O) groups is 1. The van der Waals surface area contributed by atoms with Gasteiger partial charge in [0.2, 0.25) is 5.88 Å². The van der Waals surface area contributed by atoms with Gasteiger partial charge in [0.05, 0.1) is 18.3 Å². The number of rotatable bonds is 7. The number of pyridine rings is 1. The van der Waals surface area contributed by atoms with Crippen LogP contribution in [0, 0.1) is 13.8 Å². The Hall–Kier alpha value is -2.41. The molecule has 2 rings (SSSR count). The van der Waals surface area contributed by atoms with E-state index in [1.807, 2.05) is 32.5 Å². The summed E-state index contributed by atoms with van der Waals surface area (Å²) in [5.74, 6) is 0.0737. The standard InChI is InChI=1S/C17H24N4O3/c1-11(15-12(2)20-21(4)13(15)3)19-16(22)14-7-6-8-18-17(14)24-10-9-23-5/h6-8,11H,9-10H2,1-5H3,(H,19,22). The molecule has 0 fully saturated rings. The molecule has 0 saturated carbocycles. The largest absolute Gasteiger partial charge is 0.475 e. The van der Waals surface area contributed by atoms with E-state index in [9.17, 15) is 4.79 Å². The second-order valence-electron chi connectivity index (χ2n) is 5.60. The van der Waals surface area contributed by atoms with E-state index in [1.165, 1.54) is 0 Å². The Bertz CT molecular complexity index is 712. The van der Waals surface area contributed by atoms with Gasteiger partial charge in [0.1, 0.15) is 12.2 Å². The molecule has 7 nitrogen and oxygen atoms in total. The van der Waals surface area contributed by atoms with Gasteiger partial charge in [0.15, 0.2) is 0 Å². The van der Waals surface area contributed by atoms with E-state index in [1.54, 1.807) is 25.4 Å². The molecule has 0 aromatic carbocycles. The van der Waals surface area contributed by atoms with Gasteiger partial charge in [-0.15, -0.1) is 0 Å². The molecular formula is C17H24N4O3. The number of aryl methyl sites for hydroxylation is 2. The summed E-state index contributed by atoms with van der Waals surface area (Å²) in [6.45, 7) is 6.64. The number of hydrogen-bond acceptors (Lipinski definition) is 5. The summed E-state index contributed by atoms with van der Waals surface area (Å²) in [5, 5.41) is 7.39. The first-order valence-corrected chi connectivity index (χ1v) is 7.83. The van der Waals surface area contributed by atoms with Gasteiger partial charge >= 0.3 is 0 Å². The summed E-state index contributed by atoms with van der Waals surface area (Å²) in [7, 11) is 3.49. The lowest BCUT2D eigenvalue weighted by Gasteiger charge is -2.16. The highest BCUT2D eigenvalue weighted by Crippen LogP contribution is 2.22. The maximum atomic E-state index is 12.6. The first kappa shape index (κ1) is 17.9. The highest BCUT2D eigenvalue weighted by Gasteiger charge is 2.21. The van der Waals surface area contributed by atoms with Gasteiger partial charge in [0, 0.05) is 31.6 Å². The maximum absolute atomic E-state index is 12.6. The van der Waals surface area contributed by atoms with E-state index < -0.39 is 0 Å². The summed E-state index contributed by atoms with van der Waals surface area (Å²) in [4.78, 5) is 16.8. The van der Waals surface area contributed by atoms with Gasteiger partial charge in [-0.05, 0) is 32.9 Å². The van der Waals surface area contributed by atoms with E-state index in [-0.39, 0.29) is 11.9 Å². The van der Waals surface area contributed by atoms with Crippen LogP contribution >= 0.6 is 0 Å². The lowest BCUT2D eigenvalue weighted by atomic mass is 10.1. The maximum Gasteiger partial charge on any atom is 0.257 e. The van der Waals surface area contributed by atoms with Crippen molar-refractivity contribution < 1.29 is 14.3 Å². The average Bonchev–Trinajstić information content (AvgIpc) is 2.80. The molecular weight excluding hydrogens is 308 g/mol. The molecule has 2 aromatic rings. The van der Waals surface area contributed by atoms with Crippen molar-refractivity contribution in [3.63, 3.8) is 0 Å². The molecule has 1 N–H and O–H groups in total. The minimum absolute atomic E-state index is 0.168. The van der Waals surface area contributed by atoms with Gasteiger partial charge < -0.3 is 14.8 Å². The average molecular weight is 332 g/mol. The van der Waals surface area contributed by atoms with Crippen LogP contribution in [0.15, 0.2) is 18.3 Å². The quantitative estimate of drug-likeness (QED) is 0.784. The first-order valence-electron chi connectivity index (χ1n) is 7.83. The number of aromatic nitrogens is 3. The zero-order valence-corrected chi connectivity index (χ0v) is 14.8. The van der Waals surface area contributed by atoms with Crippen molar-refractivity contribution in [2.24, 2.45) is 7.05 Å². The molecule has 7 heteroatoms. The van der Waals surface area contributed by atoms with Crippen LogP contribution in [-0.4, -0.2) is 41.0 Å². The number of amides is 1. The van der Waals surface area contributed by atoms with E-state index >= 15 is 0 Å². The minimum atomic E-state index is -0.231. The summed E-state index contributed by atoms with van der Waals surface area (Å²) in [5.41, 5.74) is 3.37. The van der Waals surface area contributed by atoms with Crippen LogP contribution < -0.4 is 10.1 Å². The predicted octanol–water partition coefficient (Wildman–Crippen LogP) is 1.95. The van der Waals surface area contributed by atoms with Crippen molar-refractivity contribution >= 4 is 5.91 Å². The van der Waals surface area contributed by atoms with Crippen molar-refractivity contribution in [1.82, 2.24) is 20.1 Å². The van der Waals surface area contributed by atoms with E-state index in [0.717, 1.165) is 17.0 Å². The Kier molecular flexibility index (Phi) is 5.92. The van der Waals surface area contributed by atoms with E-state index in [4.69, 9.17) is 9.47 Å². The van der Waals surface area contributed by atoms with Gasteiger partial charge in [-0.25, -0.2) is 4.98 Å². The fraction of sp³-hybridized carbons (Fsp3) is 0.471. The van der Waals surface area contributed by atoms with Crippen LogP contribution in [0.1, 0.15) is 40.3 Å². The van der Waals surface area contributed by atoms with Crippen LogP contribution in [0.3, 0.4) is 0 Å². The molecule has 0 spiro atoms. The van der Waals surface area contributed by atoms with Crippen LogP contribution in [0.2, 0.25) is 0 Å². The third-order valence-corrected chi connectivity index (χ3v) is 3.89. The summed E-state index contributed by atoms with van der Waals surface area (Å²) < 4.78 is 12.3. The number of nitrogens with zero attached hydrogens (tertiary/aromatic N) is 3. The Balaban J connectivity index is 2.15. The highest BCUT2D eigenvalue weighted by molar-refractivity contribution is 5.96. The molecule has 0 aliphatic heterocycles. The second-order valence-corrected chi connectivity index (χ2v) is 5.60. The topological polar surface area (TPSA) is 78.3 Å². The van der Waals surface area contributed by atoms with Gasteiger partial charge in [-0.2, -0.15) is 5.10 Å². The van der Waals surface area contributed by atoms with Crippen molar-refractivity contribution in [2.75, 3.05) is 20.3 Å². The fourth-order valence-corrected chi connectivity index (χ4v) is 2.66. The molecule has 0 aliphatic rings. The Morgan fingerprint density at radius 3 is 2.75 bits per heavy atom. The molecule has 24 heavy (non-hydrogen) atoms. The van der Waals surface area contributed by atoms with Crippen LogP contribution in [0.4, 0.5) is 0 Å². The van der Waals surface area contributed by atoms with Gasteiger partial charge in [-0.1, -0.05) is 0 Å². The van der Waals surface area contributed by atoms with Crippen molar-refractivity contribution in [3.8, 4) is 5.88 Å². The molecule has 2 aromatic heterocycles. The molecule has 0 aliphatic carbocycles. The van der Waals surface area contributed by atoms with Crippen LogP contribution in [0.25, 0.3) is 0 Å². The smallest absolute Gasteiger partial charge is 0.257 e. The van der Waals surface area contributed by atoms with Crippen molar-refractivity contribution in [3.05, 3.63) is 40.8 Å². The van der Waals surface area contributed by atoms with Crippen LogP contribution in [-0.2, 0) is 11.8 Å². The number of ether oxygens (including phenoxy) is 2. The van der Waals surface area contributed by atoms with Gasteiger partial charge in [0.25, 0.3) is 5.91 Å². The lowest BCUT2D eigenvalue weighted by molar-refractivity contribution is 0.0930. The SMILES string of the molecule is COCCOc1ncccc1C(=O)NC(C)c1c(C)nn(C)c1C. The van der Waals surface area contributed by atoms with Gasteiger partial charge in [-0.3, -0.25) is 9.48 Å². The molecule has 0 saturated heterocycles. The third kappa shape index (κ3) is 3.91. The highest BCUT2D eigenvalue weighted by atomic mass is 16.5. The Morgan fingerprint density at radius 2 is 2.12 bits per heavy atom. The monoisotopic (exact) mass is 332 g/mol. The molecule has 0 bridgehead atoms. The molecule has 1 atom stereocenters. The fourth-order valence-electron chi connectivity index (χ4n) is 2.66. The van der Waals surface area contributed by atoms with E-state index in [0.29, 0.717) is 24.7 Å². The zero-order valence-electron chi connectivity index (χ0n) is 14.8. The molecule has 130 valence electrons. The predicted molar refractivity (Wildman–Crippen MR) is 90.2 cm³/mol. The molecule has 1 amide bonds. The molecule has 0 radical (unpaired) electrons. The Labute approximate surface area is 142 Å². The number of carbonyl (C=O) groups excluding carboxylic acids is 1. The zero-order chi connectivity index (χ0) is 17.7. The minimum Gasteiger partial charge on any atom is -0.475 e. The molecule has 2 heterocycles. The summed E-state index contributed by atoms with van der Waals surface area (Å²) in [6, 6.07) is 3.24. The van der Waals surface area contributed by atoms with Crippen molar-refractivity contribution in [2.45, 2.75) is 26.8 Å². The number of nitrogens with one attached hydrogen (secondary N) is 1. The van der Waals surface area contributed by atoms with Crippen molar-refractivity contribution in [1.29, 1.82) is 0 Å². The Morgan fingerprint density at radius 1 is 1.38 bits per heavy atom.